The number of aromatic hydroxyl groups is 1. The topological polar surface area (TPSA) is 131 Å². The number of nitrogens with zero attached hydrogens (tertiary/aromatic N) is 2. The summed E-state index contributed by atoms with van der Waals surface area (Å²) in [6.07, 6.45) is 0.958. The molecule has 0 atom stereocenters. The van der Waals surface area contributed by atoms with Gasteiger partial charge in [-0.15, -0.1) is 0 Å². The second kappa shape index (κ2) is 7.45. The van der Waals surface area contributed by atoms with Gasteiger partial charge in [0.15, 0.2) is 4.77 Å². The minimum absolute atomic E-state index is 0.124. The molecular formula is C18H11FN3O5S-. The summed E-state index contributed by atoms with van der Waals surface area (Å²) in [7, 11) is 0. The van der Waals surface area contributed by atoms with E-state index in [4.69, 9.17) is 17.3 Å². The maximum Gasteiger partial charge on any atom is 0.335 e. The first-order valence-electron chi connectivity index (χ1n) is 7.70. The van der Waals surface area contributed by atoms with Crippen LogP contribution in [0.1, 0.15) is 15.9 Å². The molecule has 1 heterocycles. The van der Waals surface area contributed by atoms with Crippen molar-refractivity contribution in [2.45, 2.75) is 0 Å². The number of hydrogen-bond acceptors (Lipinski definition) is 6. The number of carboxylic acid groups (broad SMARTS) is 1. The Labute approximate surface area is 161 Å². The zero-order valence-electron chi connectivity index (χ0n) is 13.9. The van der Waals surface area contributed by atoms with Crippen molar-refractivity contribution in [2.24, 2.45) is 4.99 Å². The van der Waals surface area contributed by atoms with E-state index in [0.717, 1.165) is 29.0 Å². The summed E-state index contributed by atoms with van der Waals surface area (Å²) >= 11 is 5.04. The van der Waals surface area contributed by atoms with Crippen LogP contribution in [0.5, 0.6) is 11.6 Å². The zero-order chi connectivity index (χ0) is 20.4. The molecule has 3 aromatic rings. The summed E-state index contributed by atoms with van der Waals surface area (Å²) in [5, 5.41) is 31.3. The molecule has 0 bridgehead atoms. The Morgan fingerprint density at radius 3 is 2.54 bits per heavy atom. The molecule has 10 heteroatoms. The highest BCUT2D eigenvalue weighted by molar-refractivity contribution is 7.71. The third kappa shape index (κ3) is 3.67. The van der Waals surface area contributed by atoms with E-state index in [9.17, 15) is 24.2 Å². The lowest BCUT2D eigenvalue weighted by Crippen LogP contribution is -2.18. The Morgan fingerprint density at radius 2 is 1.93 bits per heavy atom. The number of nitrogens with one attached hydrogen (secondary N) is 1. The molecule has 2 aromatic carbocycles. The number of rotatable bonds is 4. The number of aromatic nitrogens is 2. The second-order valence-electron chi connectivity index (χ2n) is 5.55. The molecule has 0 amide bonds. The first-order valence-corrected chi connectivity index (χ1v) is 8.11. The molecule has 0 radical (unpaired) electrons. The molecule has 142 valence electrons. The van der Waals surface area contributed by atoms with Crippen molar-refractivity contribution < 1.29 is 24.5 Å². The molecule has 0 fully saturated rings. The fourth-order valence-corrected chi connectivity index (χ4v) is 2.66. The number of benzene rings is 2. The standard InChI is InChI=1S/C18H12FN3O5S/c19-10-2-4-11(5-3-10)22-16(25)12(15(24)21-18(22)28)8-20-13-6-1-9(17(26)27)7-14(13)23/h1-8,23,25H,(H,26,27)(H,21,24,28)/p-1. The minimum atomic E-state index is -1.26. The van der Waals surface area contributed by atoms with Crippen molar-refractivity contribution >= 4 is 30.1 Å². The van der Waals surface area contributed by atoms with Gasteiger partial charge in [0.25, 0.3) is 5.56 Å². The van der Waals surface area contributed by atoms with E-state index >= 15 is 0 Å². The number of aliphatic imine (C=N–C) groups is 1. The van der Waals surface area contributed by atoms with E-state index in [1.807, 2.05) is 0 Å². The number of carboxylic acids is 1. The van der Waals surface area contributed by atoms with Gasteiger partial charge in [-0.3, -0.25) is 19.3 Å². The number of hydrogen-bond donors (Lipinski definition) is 3. The van der Waals surface area contributed by atoms with Gasteiger partial charge in [-0.1, -0.05) is 11.8 Å². The van der Waals surface area contributed by atoms with Crippen molar-refractivity contribution in [3.63, 3.8) is 0 Å². The second-order valence-corrected chi connectivity index (χ2v) is 5.94. The number of aromatic amines is 1. The SMILES string of the molecule is O=C(O)c1ccc(N=Cc2c(O)n(-c3ccc(F)cc3)c(=S)[nH]c2=O)c([O-])c1. The van der Waals surface area contributed by atoms with Gasteiger partial charge in [-0.25, -0.2) is 9.18 Å². The van der Waals surface area contributed by atoms with Crippen molar-refractivity contribution in [3.8, 4) is 17.3 Å². The largest absolute Gasteiger partial charge is 0.871 e. The van der Waals surface area contributed by atoms with E-state index in [0.29, 0.717) is 5.69 Å². The van der Waals surface area contributed by atoms with Crippen molar-refractivity contribution in [1.82, 2.24) is 9.55 Å². The molecule has 1 aromatic heterocycles. The van der Waals surface area contributed by atoms with Gasteiger partial charge in [0.05, 0.1) is 16.9 Å². The predicted molar refractivity (Wildman–Crippen MR) is 98.9 cm³/mol. The summed E-state index contributed by atoms with van der Waals surface area (Å²) < 4.78 is 14.1. The van der Waals surface area contributed by atoms with Crippen LogP contribution < -0.4 is 10.7 Å². The molecule has 0 saturated heterocycles. The third-order valence-electron chi connectivity index (χ3n) is 3.75. The maximum absolute atomic E-state index is 13.1. The van der Waals surface area contributed by atoms with Crippen LogP contribution in [0.2, 0.25) is 0 Å². The van der Waals surface area contributed by atoms with Crippen LogP contribution >= 0.6 is 12.2 Å². The lowest BCUT2D eigenvalue weighted by atomic mass is 10.2. The van der Waals surface area contributed by atoms with E-state index in [2.05, 4.69) is 9.98 Å². The van der Waals surface area contributed by atoms with E-state index < -0.39 is 29.0 Å². The first-order chi connectivity index (χ1) is 13.3. The monoisotopic (exact) mass is 400 g/mol. The first kappa shape index (κ1) is 19.0. The van der Waals surface area contributed by atoms with Crippen LogP contribution in [0.4, 0.5) is 10.1 Å². The highest BCUT2D eigenvalue weighted by Gasteiger charge is 2.13. The van der Waals surface area contributed by atoms with Crippen molar-refractivity contribution in [2.75, 3.05) is 0 Å². The fraction of sp³-hybridized carbons (Fsp3) is 0. The normalized spacial score (nSPS) is 11.0. The molecule has 3 N–H and O–H groups in total. The number of aromatic carboxylic acids is 1. The molecule has 0 aliphatic rings. The van der Waals surface area contributed by atoms with E-state index in [1.165, 1.54) is 24.3 Å². The van der Waals surface area contributed by atoms with Gasteiger partial charge in [0.2, 0.25) is 5.88 Å². The van der Waals surface area contributed by atoms with Gasteiger partial charge in [-0.05, 0) is 48.6 Å². The minimum Gasteiger partial charge on any atom is -0.871 e. The molecule has 8 nitrogen and oxygen atoms in total. The predicted octanol–water partition coefficient (Wildman–Crippen LogP) is 2.26. The average molecular weight is 400 g/mol. The Balaban J connectivity index is 2.08. The molecule has 0 spiro atoms. The van der Waals surface area contributed by atoms with Crippen LogP contribution in [0, 0.1) is 10.6 Å². The highest BCUT2D eigenvalue weighted by atomic mass is 32.1. The zero-order valence-corrected chi connectivity index (χ0v) is 14.7. The van der Waals surface area contributed by atoms with E-state index in [-0.39, 0.29) is 21.6 Å². The lowest BCUT2D eigenvalue weighted by molar-refractivity contribution is -0.267. The molecule has 0 aliphatic heterocycles. The summed E-state index contributed by atoms with van der Waals surface area (Å²) in [4.78, 5) is 29.2. The lowest BCUT2D eigenvalue weighted by Gasteiger charge is -2.12. The summed E-state index contributed by atoms with van der Waals surface area (Å²) in [5.41, 5.74) is -1.07. The Kier molecular flexibility index (Phi) is 5.05. The number of carbonyl (C=O) groups is 1. The van der Waals surface area contributed by atoms with Crippen molar-refractivity contribution in [1.29, 1.82) is 0 Å². The van der Waals surface area contributed by atoms with Gasteiger partial charge >= 0.3 is 5.97 Å². The number of halogens is 1. The van der Waals surface area contributed by atoms with Crippen molar-refractivity contribution in [3.05, 3.63) is 74.5 Å². The van der Waals surface area contributed by atoms with Gasteiger partial charge < -0.3 is 15.3 Å². The number of H-pyrrole nitrogens is 1. The Bertz CT molecular complexity index is 1220. The van der Waals surface area contributed by atoms with Gasteiger partial charge in [0.1, 0.15) is 11.4 Å². The fourth-order valence-electron chi connectivity index (χ4n) is 2.37. The smallest absolute Gasteiger partial charge is 0.335 e. The van der Waals surface area contributed by atoms with Crippen LogP contribution in [-0.2, 0) is 0 Å². The van der Waals surface area contributed by atoms with Crippen LogP contribution in [0.25, 0.3) is 5.69 Å². The van der Waals surface area contributed by atoms with E-state index in [1.54, 1.807) is 0 Å². The van der Waals surface area contributed by atoms with Gasteiger partial charge in [-0.2, -0.15) is 0 Å². The molecule has 0 saturated carbocycles. The third-order valence-corrected chi connectivity index (χ3v) is 4.03. The molecular weight excluding hydrogens is 389 g/mol. The van der Waals surface area contributed by atoms with Crippen LogP contribution in [0.15, 0.2) is 52.3 Å². The van der Waals surface area contributed by atoms with Crippen LogP contribution in [0.3, 0.4) is 0 Å². The molecule has 0 unspecified atom stereocenters. The Hall–Kier alpha value is -3.79. The average Bonchev–Trinajstić information content (AvgIpc) is 2.63. The highest BCUT2D eigenvalue weighted by Crippen LogP contribution is 2.25. The summed E-state index contributed by atoms with van der Waals surface area (Å²) in [6, 6.07) is 8.28. The van der Waals surface area contributed by atoms with Gasteiger partial charge in [0, 0.05) is 6.21 Å². The molecule has 28 heavy (non-hydrogen) atoms. The summed E-state index contributed by atoms with van der Waals surface area (Å²) in [6.45, 7) is 0. The molecule has 0 aliphatic carbocycles. The quantitative estimate of drug-likeness (QED) is 0.455. The molecule has 3 rings (SSSR count). The Morgan fingerprint density at radius 1 is 1.25 bits per heavy atom. The maximum atomic E-state index is 13.1. The summed E-state index contributed by atoms with van der Waals surface area (Å²) in [5.74, 6) is -2.98. The van der Waals surface area contributed by atoms with Crippen LogP contribution in [-0.4, -0.2) is 31.9 Å².